The molecule has 0 unspecified atom stereocenters. The van der Waals surface area contributed by atoms with Gasteiger partial charge in [-0.15, -0.1) is 0 Å². The number of rotatable bonds is 9. The minimum absolute atomic E-state index is 0.108. The summed E-state index contributed by atoms with van der Waals surface area (Å²) in [5, 5.41) is 12.9. The summed E-state index contributed by atoms with van der Waals surface area (Å²) in [4.78, 5) is 11.4. The van der Waals surface area contributed by atoms with Crippen LogP contribution in [0, 0.1) is 0 Å². The van der Waals surface area contributed by atoms with Gasteiger partial charge in [-0.25, -0.2) is 9.97 Å². The summed E-state index contributed by atoms with van der Waals surface area (Å²) < 4.78 is 12.1. The lowest BCUT2D eigenvalue weighted by Gasteiger charge is -2.22. The second-order valence-corrected chi connectivity index (χ2v) is 36.8. The van der Waals surface area contributed by atoms with Crippen LogP contribution < -0.4 is 0 Å². The Hall–Kier alpha value is -15.7. The first-order valence-corrected chi connectivity index (χ1v) is 44.1. The van der Waals surface area contributed by atoms with Gasteiger partial charge in [-0.1, -0.05) is 272 Å². The van der Waals surface area contributed by atoms with E-state index in [4.69, 9.17) is 9.97 Å². The molecule has 0 saturated heterocycles. The van der Waals surface area contributed by atoms with E-state index in [-0.39, 0.29) is 16.2 Å². The molecule has 126 heavy (non-hydrogen) atoms. The van der Waals surface area contributed by atoms with Crippen molar-refractivity contribution < 1.29 is 0 Å². The Kier molecular flexibility index (Phi) is 14.5. The summed E-state index contributed by atoms with van der Waals surface area (Å²) in [6.07, 6.45) is 0. The fourth-order valence-electron chi connectivity index (χ4n) is 23.0. The number of nitrogens with zero attached hydrogens (tertiary/aromatic N) is 7. The molecule has 0 fully saturated rings. The first-order valence-electron chi connectivity index (χ1n) is 44.1. The quantitative estimate of drug-likeness (QED) is 0.145. The second kappa shape index (κ2) is 25.7. The van der Waals surface area contributed by atoms with Gasteiger partial charge in [-0.05, 0) is 252 Å². The van der Waals surface area contributed by atoms with Crippen molar-refractivity contribution in [1.82, 2.24) is 32.8 Å². The molecule has 27 rings (SSSR count). The van der Waals surface area contributed by atoms with Gasteiger partial charge in [0.15, 0.2) is 0 Å². The molecule has 0 aliphatic heterocycles. The first kappa shape index (κ1) is 70.9. The topological polar surface area (TPSA) is 50.4 Å². The van der Waals surface area contributed by atoms with Gasteiger partial charge < -0.3 is 18.3 Å². The van der Waals surface area contributed by atoms with Crippen molar-refractivity contribution in [1.29, 1.82) is 0 Å². The van der Waals surface area contributed by atoms with Crippen LogP contribution in [0.5, 0.6) is 0 Å². The highest BCUT2D eigenvalue weighted by Crippen LogP contribution is 2.55. The lowest BCUT2D eigenvalue weighted by Crippen LogP contribution is -2.15. The number of para-hydroxylation sites is 5. The maximum Gasteiger partial charge on any atom is 0.235 e. The lowest BCUT2D eigenvalue weighted by atomic mass is 9.82. The van der Waals surface area contributed by atoms with E-state index < -0.39 is 0 Å². The molecule has 592 valence electrons. The zero-order chi connectivity index (χ0) is 83.5. The maximum absolute atomic E-state index is 5.78. The van der Waals surface area contributed by atoms with Crippen LogP contribution in [0.4, 0.5) is 0 Å². The normalized spacial score (nSPS) is 14.0. The van der Waals surface area contributed by atoms with E-state index in [9.17, 15) is 0 Å². The van der Waals surface area contributed by atoms with Crippen molar-refractivity contribution in [3.63, 3.8) is 0 Å². The van der Waals surface area contributed by atoms with Crippen LogP contribution in [0.2, 0.25) is 0 Å². The van der Waals surface area contributed by atoms with E-state index in [0.717, 1.165) is 94.3 Å². The minimum atomic E-state index is -0.134. The molecule has 0 N–H and O–H groups in total. The third kappa shape index (κ3) is 9.88. The van der Waals surface area contributed by atoms with Crippen molar-refractivity contribution in [3.8, 4) is 107 Å². The number of benzene rings is 18. The fraction of sp³-hybridized carbons (Fsp3) is 0.0756. The molecule has 0 radical (unpaired) electrons. The average Bonchev–Trinajstić information content (AvgIpc) is 1.60. The summed E-state index contributed by atoms with van der Waals surface area (Å²) >= 11 is 0. The molecular formula is C119H81N7. The van der Waals surface area contributed by atoms with Gasteiger partial charge in [0.25, 0.3) is 0 Å². The highest BCUT2D eigenvalue weighted by Gasteiger charge is 2.39. The number of hydrogen-bond acceptors (Lipinski definition) is 2. The SMILES string of the molecule is CC1(C)c2ccccc2-c2ccc(-n3c4ccccc4c4cc(-c5ccc6c(c5)c5ccccc5n6-c5ccc(-c6nc(-n7c8ccc(-c9ccc%10c(c9)c9ccccc9n%10-c9ccc%10c(c9)C(C)(C)c9ccccc9-%10)cc8c8cc(-c9ccc%10c(c9)c9ccccc9n%10-c9ccc%10c(c9)C(C)(C)c9ccccc9-%10)ccc87)nc7ccccc67)cc5)ccc43)cc21. The third-order valence-electron chi connectivity index (χ3n) is 29.1. The van der Waals surface area contributed by atoms with E-state index in [1.165, 1.54) is 160 Å². The van der Waals surface area contributed by atoms with E-state index in [0.29, 0.717) is 5.95 Å². The van der Waals surface area contributed by atoms with Crippen LogP contribution in [0.1, 0.15) is 74.9 Å². The lowest BCUT2D eigenvalue weighted by molar-refractivity contribution is 0.660. The number of hydrogen-bond donors (Lipinski definition) is 0. The van der Waals surface area contributed by atoms with Gasteiger partial charge in [0, 0.05) is 104 Å². The van der Waals surface area contributed by atoms with E-state index in [2.05, 4.69) is 447 Å². The smallest absolute Gasteiger partial charge is 0.235 e. The molecular weight excluding hydrogens is 1530 g/mol. The first-order chi connectivity index (χ1) is 61.7. The Balaban J connectivity index is 0.579. The Bertz CT molecular complexity index is 8670. The van der Waals surface area contributed by atoms with Crippen LogP contribution in [-0.2, 0) is 16.2 Å². The van der Waals surface area contributed by atoms with Gasteiger partial charge in [-0.3, -0.25) is 4.57 Å². The minimum Gasteiger partial charge on any atom is -0.309 e. The molecule has 0 saturated carbocycles. The maximum atomic E-state index is 5.78. The molecule has 24 aromatic rings. The van der Waals surface area contributed by atoms with Crippen molar-refractivity contribution in [3.05, 3.63) is 416 Å². The summed E-state index contributed by atoms with van der Waals surface area (Å²) in [6.45, 7) is 14.2. The second-order valence-electron chi connectivity index (χ2n) is 36.8. The van der Waals surface area contributed by atoms with Gasteiger partial charge in [0.2, 0.25) is 5.95 Å². The largest absolute Gasteiger partial charge is 0.309 e. The number of aromatic nitrogens is 7. The highest BCUT2D eigenvalue weighted by atomic mass is 15.2. The Morgan fingerprint density at radius 3 is 0.762 bits per heavy atom. The average molecular weight is 1610 g/mol. The van der Waals surface area contributed by atoms with Crippen LogP contribution in [-0.4, -0.2) is 32.8 Å². The zero-order valence-corrected chi connectivity index (χ0v) is 70.5. The molecule has 0 atom stereocenters. The van der Waals surface area contributed by atoms with E-state index in [1.807, 2.05) is 0 Å². The standard InChI is InChI=1S/C119H81N7/c1-117(2)98-31-15-7-23-81(98)84-52-49-78(67-101(84)117)123-106-36-20-12-27-88(106)93-62-72(42-56-110(93)123)71-41-55-109-92(61-71)87-26-11-19-35-105(87)122(109)77-47-39-70(40-48-77)115-91-30-10-18-34-104(91)120-116(121-115)126-113-59-45-75(73-43-57-111-94(63-73)89-28-13-21-37-107(89)124(111)79-50-53-85-82-24-8-16-32-99(82)118(3,4)102(85)68-79)65-96(113)97-66-76(46-60-114(97)126)74-44-58-112-95(64-74)90-29-14-22-38-108(90)125(112)80-51-54-86-83-25-9-17-33-100(83)119(5,6)103(86)69-80/h7-69H,1-6H3. The van der Waals surface area contributed by atoms with Crippen LogP contribution in [0.25, 0.3) is 227 Å². The molecule has 3 aliphatic carbocycles. The Labute approximate surface area is 727 Å². The monoisotopic (exact) mass is 1610 g/mol. The predicted octanol–water partition coefficient (Wildman–Crippen LogP) is 30.7. The van der Waals surface area contributed by atoms with E-state index >= 15 is 0 Å². The predicted molar refractivity (Wildman–Crippen MR) is 526 cm³/mol. The van der Waals surface area contributed by atoms with Crippen molar-refractivity contribution >= 4 is 120 Å². The summed E-state index contributed by atoms with van der Waals surface area (Å²) in [5.41, 5.74) is 41.4. The molecule has 7 heteroatoms. The molecule has 0 spiro atoms. The molecule has 0 bridgehead atoms. The van der Waals surface area contributed by atoms with Crippen LogP contribution >= 0.6 is 0 Å². The zero-order valence-electron chi connectivity index (χ0n) is 70.5. The third-order valence-corrected chi connectivity index (χ3v) is 29.1. The summed E-state index contributed by atoms with van der Waals surface area (Å²) in [7, 11) is 0. The summed E-state index contributed by atoms with van der Waals surface area (Å²) in [5.74, 6) is 0.604. The Morgan fingerprint density at radius 2 is 0.421 bits per heavy atom. The van der Waals surface area contributed by atoms with E-state index in [1.54, 1.807) is 0 Å². The Morgan fingerprint density at radius 1 is 0.175 bits per heavy atom. The molecule has 3 aliphatic rings. The number of fused-ring (bicyclic) bond motifs is 25. The van der Waals surface area contributed by atoms with Crippen LogP contribution in [0.3, 0.4) is 0 Å². The highest BCUT2D eigenvalue weighted by molar-refractivity contribution is 6.17. The van der Waals surface area contributed by atoms with Gasteiger partial charge in [0.1, 0.15) is 0 Å². The molecule has 7 nitrogen and oxygen atoms in total. The summed E-state index contributed by atoms with van der Waals surface area (Å²) in [6, 6.07) is 143. The van der Waals surface area contributed by atoms with Gasteiger partial charge >= 0.3 is 0 Å². The van der Waals surface area contributed by atoms with Crippen molar-refractivity contribution in [2.75, 3.05) is 0 Å². The molecule has 6 heterocycles. The van der Waals surface area contributed by atoms with Crippen molar-refractivity contribution in [2.45, 2.75) is 57.8 Å². The fourth-order valence-corrected chi connectivity index (χ4v) is 23.0. The van der Waals surface area contributed by atoms with Crippen LogP contribution in [0.15, 0.2) is 382 Å². The van der Waals surface area contributed by atoms with Gasteiger partial charge in [-0.2, -0.15) is 0 Å². The van der Waals surface area contributed by atoms with Crippen molar-refractivity contribution in [2.24, 2.45) is 0 Å². The molecule has 6 aromatic heterocycles. The molecule has 0 amide bonds. The van der Waals surface area contributed by atoms with Gasteiger partial charge in [0.05, 0.1) is 66.4 Å². The molecule has 18 aromatic carbocycles.